The fourth-order valence-corrected chi connectivity index (χ4v) is 3.96. The zero-order valence-corrected chi connectivity index (χ0v) is 15.7. The van der Waals surface area contributed by atoms with Crippen LogP contribution in [0.15, 0.2) is 47.4 Å². The molecule has 1 fully saturated rings. The molecule has 2 aromatic rings. The van der Waals surface area contributed by atoms with Crippen molar-refractivity contribution in [3.63, 3.8) is 0 Å². The van der Waals surface area contributed by atoms with Crippen LogP contribution < -0.4 is 4.72 Å². The summed E-state index contributed by atoms with van der Waals surface area (Å²) in [5, 5.41) is 0. The summed E-state index contributed by atoms with van der Waals surface area (Å²) in [6.45, 7) is 5.76. The number of benzene rings is 2. The molecule has 0 radical (unpaired) electrons. The number of carbonyl (C=O) groups excluding carboxylic acids is 1. The minimum Gasteiger partial charge on any atom is -0.378 e. The first kappa shape index (κ1) is 18.4. The highest BCUT2D eigenvalue weighted by molar-refractivity contribution is 7.92. The van der Waals surface area contributed by atoms with Gasteiger partial charge in [0.15, 0.2) is 0 Å². The number of hydrogen-bond donors (Lipinski definition) is 1. The molecule has 6 nitrogen and oxygen atoms in total. The summed E-state index contributed by atoms with van der Waals surface area (Å²) >= 11 is 0. The van der Waals surface area contributed by atoms with Gasteiger partial charge in [-0.25, -0.2) is 8.42 Å². The number of carbonyl (C=O) groups is 1. The van der Waals surface area contributed by atoms with Crippen LogP contribution in [0.5, 0.6) is 0 Å². The van der Waals surface area contributed by atoms with E-state index >= 15 is 0 Å². The van der Waals surface area contributed by atoms with Gasteiger partial charge in [0, 0.05) is 18.7 Å². The molecule has 0 unspecified atom stereocenters. The van der Waals surface area contributed by atoms with Crippen LogP contribution in [0.2, 0.25) is 0 Å². The highest BCUT2D eigenvalue weighted by atomic mass is 32.2. The number of morpholine rings is 1. The molecule has 0 aliphatic carbocycles. The molecule has 0 aromatic heterocycles. The molecular weight excluding hydrogens is 352 g/mol. The molecule has 0 atom stereocenters. The van der Waals surface area contributed by atoms with Crippen molar-refractivity contribution >= 4 is 21.6 Å². The maximum absolute atomic E-state index is 12.8. The van der Waals surface area contributed by atoms with Crippen LogP contribution in [0.4, 0.5) is 5.69 Å². The molecule has 1 heterocycles. The van der Waals surface area contributed by atoms with Crippen molar-refractivity contribution in [1.82, 2.24) is 4.90 Å². The lowest BCUT2D eigenvalue weighted by Gasteiger charge is -2.27. The smallest absolute Gasteiger partial charge is 0.261 e. The van der Waals surface area contributed by atoms with Gasteiger partial charge >= 0.3 is 0 Å². The minimum absolute atomic E-state index is 0.0671. The predicted molar refractivity (Wildman–Crippen MR) is 99.9 cm³/mol. The van der Waals surface area contributed by atoms with E-state index in [2.05, 4.69) is 4.72 Å². The highest BCUT2D eigenvalue weighted by Crippen LogP contribution is 2.22. The van der Waals surface area contributed by atoms with Crippen molar-refractivity contribution in [2.75, 3.05) is 31.0 Å². The van der Waals surface area contributed by atoms with Gasteiger partial charge in [0.1, 0.15) is 0 Å². The number of ether oxygens (including phenoxy) is 1. The molecule has 1 aliphatic rings. The standard InChI is InChI=1S/C19H22N2O4S/c1-14-6-7-15(2)18(12-14)20-26(23,24)17-5-3-4-16(13-17)19(22)21-8-10-25-11-9-21/h3-7,12-13,20H,8-11H2,1-2H3. The van der Waals surface area contributed by atoms with Gasteiger partial charge in [-0.2, -0.15) is 0 Å². The third-order valence-electron chi connectivity index (χ3n) is 4.33. The van der Waals surface area contributed by atoms with Crippen LogP contribution in [0, 0.1) is 13.8 Å². The van der Waals surface area contributed by atoms with E-state index in [1.54, 1.807) is 23.1 Å². The Labute approximate surface area is 153 Å². The SMILES string of the molecule is Cc1ccc(C)c(NS(=O)(=O)c2cccc(C(=O)N3CCOCC3)c2)c1. The molecule has 3 rings (SSSR count). The Hall–Kier alpha value is -2.38. The third kappa shape index (κ3) is 4.05. The zero-order chi connectivity index (χ0) is 18.7. The van der Waals surface area contributed by atoms with E-state index in [-0.39, 0.29) is 10.8 Å². The van der Waals surface area contributed by atoms with Crippen molar-refractivity contribution in [2.45, 2.75) is 18.7 Å². The average molecular weight is 374 g/mol. The molecule has 1 aliphatic heterocycles. The molecular formula is C19H22N2O4S. The summed E-state index contributed by atoms with van der Waals surface area (Å²) in [6.07, 6.45) is 0. The number of rotatable bonds is 4. The van der Waals surface area contributed by atoms with Gasteiger partial charge < -0.3 is 9.64 Å². The maximum Gasteiger partial charge on any atom is 0.261 e. The number of hydrogen-bond acceptors (Lipinski definition) is 4. The molecule has 0 spiro atoms. The lowest BCUT2D eigenvalue weighted by Crippen LogP contribution is -2.40. The first-order valence-corrected chi connectivity index (χ1v) is 9.92. The Morgan fingerprint density at radius 1 is 1.08 bits per heavy atom. The topological polar surface area (TPSA) is 75.7 Å². The fourth-order valence-electron chi connectivity index (χ4n) is 2.79. The van der Waals surface area contributed by atoms with Crippen LogP contribution >= 0.6 is 0 Å². The summed E-state index contributed by atoms with van der Waals surface area (Å²) in [7, 11) is -3.78. The predicted octanol–water partition coefficient (Wildman–Crippen LogP) is 2.58. The summed E-state index contributed by atoms with van der Waals surface area (Å²) in [6, 6.07) is 11.7. The maximum atomic E-state index is 12.8. The average Bonchev–Trinajstić information content (AvgIpc) is 2.65. The van der Waals surface area contributed by atoms with Crippen LogP contribution in [0.3, 0.4) is 0 Å². The molecule has 1 saturated heterocycles. The number of aryl methyl sites for hydroxylation is 2. The van der Waals surface area contributed by atoms with Gasteiger partial charge in [-0.1, -0.05) is 18.2 Å². The first-order valence-electron chi connectivity index (χ1n) is 8.44. The summed E-state index contributed by atoms with van der Waals surface area (Å²) in [5.41, 5.74) is 2.69. The van der Waals surface area contributed by atoms with Crippen molar-refractivity contribution < 1.29 is 17.9 Å². The van der Waals surface area contributed by atoms with E-state index in [0.29, 0.717) is 37.6 Å². The van der Waals surface area contributed by atoms with E-state index in [0.717, 1.165) is 11.1 Å². The van der Waals surface area contributed by atoms with Crippen LogP contribution in [0.1, 0.15) is 21.5 Å². The van der Waals surface area contributed by atoms with Gasteiger partial charge in [-0.15, -0.1) is 0 Å². The quantitative estimate of drug-likeness (QED) is 0.892. The third-order valence-corrected chi connectivity index (χ3v) is 5.69. The second kappa shape index (κ2) is 7.47. The van der Waals surface area contributed by atoms with Gasteiger partial charge in [0.25, 0.3) is 15.9 Å². The van der Waals surface area contributed by atoms with Crippen molar-refractivity contribution in [2.24, 2.45) is 0 Å². The molecule has 138 valence electrons. The minimum atomic E-state index is -3.78. The Morgan fingerprint density at radius 2 is 1.81 bits per heavy atom. The summed E-state index contributed by atoms with van der Waals surface area (Å²) < 4.78 is 33.4. The van der Waals surface area contributed by atoms with Crippen LogP contribution in [0.25, 0.3) is 0 Å². The number of nitrogens with zero attached hydrogens (tertiary/aromatic N) is 1. The molecule has 1 amide bonds. The number of nitrogens with one attached hydrogen (secondary N) is 1. The first-order chi connectivity index (χ1) is 12.4. The van der Waals surface area contributed by atoms with Gasteiger partial charge in [-0.3, -0.25) is 9.52 Å². The number of sulfonamides is 1. The van der Waals surface area contributed by atoms with E-state index in [9.17, 15) is 13.2 Å². The molecule has 0 saturated carbocycles. The number of anilines is 1. The van der Waals surface area contributed by atoms with Gasteiger partial charge in [0.2, 0.25) is 0 Å². The van der Waals surface area contributed by atoms with Crippen molar-refractivity contribution in [3.05, 3.63) is 59.2 Å². The molecule has 26 heavy (non-hydrogen) atoms. The molecule has 1 N–H and O–H groups in total. The molecule has 2 aromatic carbocycles. The van der Waals surface area contributed by atoms with E-state index in [4.69, 9.17) is 4.74 Å². The van der Waals surface area contributed by atoms with E-state index < -0.39 is 10.0 Å². The summed E-state index contributed by atoms with van der Waals surface area (Å²) in [4.78, 5) is 14.3. The molecule has 0 bridgehead atoms. The fraction of sp³-hybridized carbons (Fsp3) is 0.316. The van der Waals surface area contributed by atoms with E-state index in [1.165, 1.54) is 12.1 Å². The zero-order valence-electron chi connectivity index (χ0n) is 14.9. The van der Waals surface area contributed by atoms with Crippen molar-refractivity contribution in [1.29, 1.82) is 0 Å². The second-order valence-electron chi connectivity index (χ2n) is 6.36. The highest BCUT2D eigenvalue weighted by Gasteiger charge is 2.21. The van der Waals surface area contributed by atoms with Crippen LogP contribution in [-0.4, -0.2) is 45.5 Å². The lowest BCUT2D eigenvalue weighted by molar-refractivity contribution is 0.0302. The van der Waals surface area contributed by atoms with Gasteiger partial charge in [0.05, 0.1) is 23.8 Å². The largest absolute Gasteiger partial charge is 0.378 e. The Balaban J connectivity index is 1.86. The number of amides is 1. The normalized spacial score (nSPS) is 14.9. The second-order valence-corrected chi connectivity index (χ2v) is 8.04. The Bertz CT molecular complexity index is 919. The molecule has 7 heteroatoms. The Kier molecular flexibility index (Phi) is 5.29. The lowest BCUT2D eigenvalue weighted by atomic mass is 10.1. The van der Waals surface area contributed by atoms with Crippen molar-refractivity contribution in [3.8, 4) is 0 Å². The van der Waals surface area contributed by atoms with Gasteiger partial charge in [-0.05, 0) is 49.2 Å². The summed E-state index contributed by atoms with van der Waals surface area (Å²) in [5.74, 6) is -0.183. The van der Waals surface area contributed by atoms with E-state index in [1.807, 2.05) is 26.0 Å². The Morgan fingerprint density at radius 3 is 2.54 bits per heavy atom. The monoisotopic (exact) mass is 374 g/mol. The van der Waals surface area contributed by atoms with Crippen LogP contribution in [-0.2, 0) is 14.8 Å².